The maximum absolute atomic E-state index is 15.6. The van der Waals surface area contributed by atoms with Gasteiger partial charge >= 0.3 is 0 Å². The zero-order chi connectivity index (χ0) is 29.3. The van der Waals surface area contributed by atoms with Gasteiger partial charge in [-0.15, -0.1) is 0 Å². The summed E-state index contributed by atoms with van der Waals surface area (Å²) < 4.78 is 21.1. The standard InChI is InChI=1S/C32H41FN4O4/c1-19(2)15-27-30(38)35-28(24-16-21-7-5-6-8-22(21)17-24)32(40)37(27)29(31(39)34-20(3)4)23-9-10-26(25(33)18-23)36-11-13-41-14-12-36/h5-10,18-20,24,27-29H,11-17H2,1-4H3,(H,34,39)(H,35,38)/t27-,28-,29-/m1/s1. The van der Waals surface area contributed by atoms with E-state index in [1.54, 1.807) is 12.1 Å². The van der Waals surface area contributed by atoms with Gasteiger partial charge in [0.05, 0.1) is 18.9 Å². The van der Waals surface area contributed by atoms with E-state index in [9.17, 15) is 14.4 Å². The maximum Gasteiger partial charge on any atom is 0.247 e. The van der Waals surface area contributed by atoms with Crippen molar-refractivity contribution in [3.8, 4) is 0 Å². The van der Waals surface area contributed by atoms with Gasteiger partial charge in [-0.2, -0.15) is 0 Å². The molecule has 0 saturated carbocycles. The molecule has 0 unspecified atom stereocenters. The highest BCUT2D eigenvalue weighted by molar-refractivity contribution is 6.00. The number of carbonyl (C=O) groups is 3. The highest BCUT2D eigenvalue weighted by Crippen LogP contribution is 2.36. The fourth-order valence-electron chi connectivity index (χ4n) is 6.43. The van der Waals surface area contributed by atoms with Gasteiger partial charge in [0.15, 0.2) is 0 Å². The number of benzene rings is 2. The molecule has 2 aromatic rings. The third-order valence-corrected chi connectivity index (χ3v) is 8.30. The highest BCUT2D eigenvalue weighted by atomic mass is 19.1. The monoisotopic (exact) mass is 564 g/mol. The first-order chi connectivity index (χ1) is 19.6. The number of halogens is 1. The Morgan fingerprint density at radius 2 is 1.71 bits per heavy atom. The van der Waals surface area contributed by atoms with Crippen LogP contribution in [0.1, 0.15) is 56.8 Å². The van der Waals surface area contributed by atoms with Crippen molar-refractivity contribution < 1.29 is 23.5 Å². The van der Waals surface area contributed by atoms with Crippen LogP contribution in [0.4, 0.5) is 10.1 Å². The number of nitrogens with one attached hydrogen (secondary N) is 2. The summed E-state index contributed by atoms with van der Waals surface area (Å²) in [5.74, 6) is -1.50. The predicted octanol–water partition coefficient (Wildman–Crippen LogP) is 3.38. The molecule has 3 atom stereocenters. The van der Waals surface area contributed by atoms with Gasteiger partial charge in [0.1, 0.15) is 23.9 Å². The minimum absolute atomic E-state index is 0.0857. The smallest absolute Gasteiger partial charge is 0.247 e. The molecule has 5 rings (SSSR count). The van der Waals surface area contributed by atoms with Crippen molar-refractivity contribution in [3.05, 3.63) is 65.0 Å². The summed E-state index contributed by atoms with van der Waals surface area (Å²) in [6.45, 7) is 9.81. The lowest BCUT2D eigenvalue weighted by Crippen LogP contribution is -2.67. The Bertz CT molecular complexity index is 1270. The number of anilines is 1. The van der Waals surface area contributed by atoms with E-state index >= 15 is 4.39 Å². The molecule has 2 aromatic carbocycles. The molecule has 2 heterocycles. The average Bonchev–Trinajstić information content (AvgIpc) is 3.36. The lowest BCUT2D eigenvalue weighted by molar-refractivity contribution is -0.158. The molecule has 1 aliphatic carbocycles. The number of piperazine rings is 1. The number of hydrogen-bond donors (Lipinski definition) is 2. The van der Waals surface area contributed by atoms with Gasteiger partial charge in [-0.25, -0.2) is 4.39 Å². The highest BCUT2D eigenvalue weighted by Gasteiger charge is 2.49. The number of ether oxygens (including phenoxy) is 1. The van der Waals surface area contributed by atoms with Crippen LogP contribution in [0.3, 0.4) is 0 Å². The van der Waals surface area contributed by atoms with Crippen LogP contribution in [0.15, 0.2) is 42.5 Å². The van der Waals surface area contributed by atoms with Gasteiger partial charge in [-0.05, 0) is 73.8 Å². The molecule has 3 aliphatic rings. The molecule has 8 nitrogen and oxygen atoms in total. The number of amides is 3. The maximum atomic E-state index is 15.6. The Morgan fingerprint density at radius 3 is 2.29 bits per heavy atom. The van der Waals surface area contributed by atoms with E-state index in [-0.39, 0.29) is 29.7 Å². The molecule has 2 N–H and O–H groups in total. The minimum atomic E-state index is -1.15. The number of fused-ring (bicyclic) bond motifs is 1. The molecule has 3 amide bonds. The van der Waals surface area contributed by atoms with E-state index < -0.39 is 29.8 Å². The van der Waals surface area contributed by atoms with Crippen LogP contribution in [-0.4, -0.2) is 67.1 Å². The van der Waals surface area contributed by atoms with Gasteiger partial charge in [-0.3, -0.25) is 14.4 Å². The van der Waals surface area contributed by atoms with Gasteiger partial charge in [-0.1, -0.05) is 44.2 Å². The zero-order valence-corrected chi connectivity index (χ0v) is 24.4. The first-order valence-corrected chi connectivity index (χ1v) is 14.8. The number of morpholine rings is 1. The topological polar surface area (TPSA) is 91.0 Å². The molecule has 0 bridgehead atoms. The van der Waals surface area contributed by atoms with E-state index in [1.807, 2.05) is 44.7 Å². The fraction of sp³-hybridized carbons (Fsp3) is 0.531. The molecule has 0 radical (unpaired) electrons. The second-order valence-corrected chi connectivity index (χ2v) is 12.2. The lowest BCUT2D eigenvalue weighted by atomic mass is 9.87. The first-order valence-electron chi connectivity index (χ1n) is 14.8. The van der Waals surface area contributed by atoms with Crippen molar-refractivity contribution in [2.75, 3.05) is 31.2 Å². The van der Waals surface area contributed by atoms with Gasteiger partial charge in [0.25, 0.3) is 0 Å². The Labute approximate surface area is 241 Å². The van der Waals surface area contributed by atoms with Gasteiger partial charge in [0, 0.05) is 19.1 Å². The summed E-state index contributed by atoms with van der Waals surface area (Å²) in [6, 6.07) is 9.82. The van der Waals surface area contributed by atoms with Crippen molar-refractivity contribution in [2.45, 2.75) is 71.1 Å². The second kappa shape index (κ2) is 12.2. The van der Waals surface area contributed by atoms with E-state index in [2.05, 4.69) is 22.8 Å². The molecule has 41 heavy (non-hydrogen) atoms. The second-order valence-electron chi connectivity index (χ2n) is 12.2. The number of rotatable bonds is 8. The molecule has 9 heteroatoms. The summed E-state index contributed by atoms with van der Waals surface area (Å²) in [6.07, 6.45) is 1.72. The van der Waals surface area contributed by atoms with Crippen LogP contribution in [0.5, 0.6) is 0 Å². The van der Waals surface area contributed by atoms with Crippen LogP contribution in [0.2, 0.25) is 0 Å². The fourth-order valence-corrected chi connectivity index (χ4v) is 6.43. The van der Waals surface area contributed by atoms with E-state index in [4.69, 9.17) is 4.74 Å². The van der Waals surface area contributed by atoms with Crippen molar-refractivity contribution in [1.29, 1.82) is 0 Å². The Kier molecular flexibility index (Phi) is 8.63. The minimum Gasteiger partial charge on any atom is -0.378 e. The molecule has 0 spiro atoms. The van der Waals surface area contributed by atoms with E-state index in [0.29, 0.717) is 56.8 Å². The number of nitrogens with zero attached hydrogens (tertiary/aromatic N) is 2. The molecule has 2 saturated heterocycles. The summed E-state index contributed by atoms with van der Waals surface area (Å²) in [5.41, 5.74) is 3.13. The summed E-state index contributed by atoms with van der Waals surface area (Å²) >= 11 is 0. The van der Waals surface area contributed by atoms with Crippen molar-refractivity contribution in [1.82, 2.24) is 15.5 Å². The lowest BCUT2D eigenvalue weighted by Gasteiger charge is -2.45. The molecule has 2 fully saturated rings. The van der Waals surface area contributed by atoms with E-state index in [0.717, 1.165) is 0 Å². The number of hydrogen-bond acceptors (Lipinski definition) is 5. The third-order valence-electron chi connectivity index (χ3n) is 8.30. The van der Waals surface area contributed by atoms with Crippen LogP contribution >= 0.6 is 0 Å². The summed E-state index contributed by atoms with van der Waals surface area (Å²) in [5, 5.41) is 5.95. The first kappa shape index (κ1) is 29.0. The zero-order valence-electron chi connectivity index (χ0n) is 24.4. The summed E-state index contributed by atoms with van der Waals surface area (Å²) in [7, 11) is 0. The normalized spacial score (nSPS) is 22.2. The van der Waals surface area contributed by atoms with Crippen molar-refractivity contribution in [2.24, 2.45) is 11.8 Å². The molecule has 2 aliphatic heterocycles. The third kappa shape index (κ3) is 6.10. The predicted molar refractivity (Wildman–Crippen MR) is 155 cm³/mol. The van der Waals surface area contributed by atoms with Crippen LogP contribution in [0, 0.1) is 17.7 Å². The largest absolute Gasteiger partial charge is 0.378 e. The molecular weight excluding hydrogens is 523 g/mol. The quantitative estimate of drug-likeness (QED) is 0.513. The Morgan fingerprint density at radius 1 is 1.05 bits per heavy atom. The van der Waals surface area contributed by atoms with Crippen molar-refractivity contribution in [3.63, 3.8) is 0 Å². The number of carbonyl (C=O) groups excluding carboxylic acids is 3. The van der Waals surface area contributed by atoms with Gasteiger partial charge < -0.3 is 25.2 Å². The van der Waals surface area contributed by atoms with Crippen LogP contribution < -0.4 is 15.5 Å². The van der Waals surface area contributed by atoms with Gasteiger partial charge in [0.2, 0.25) is 17.7 Å². The van der Waals surface area contributed by atoms with E-state index in [1.165, 1.54) is 22.1 Å². The Balaban J connectivity index is 1.53. The van der Waals surface area contributed by atoms with Crippen LogP contribution in [0.25, 0.3) is 0 Å². The molecule has 220 valence electrons. The molecule has 0 aromatic heterocycles. The summed E-state index contributed by atoms with van der Waals surface area (Å²) in [4.78, 5) is 45.3. The Hall–Kier alpha value is -3.46. The van der Waals surface area contributed by atoms with Crippen molar-refractivity contribution >= 4 is 23.4 Å². The average molecular weight is 565 g/mol. The van der Waals surface area contributed by atoms with Crippen LogP contribution in [-0.2, 0) is 32.0 Å². The SMILES string of the molecule is CC(C)C[C@@H]1C(=O)N[C@H](C2Cc3ccccc3C2)C(=O)N1[C@@H](C(=O)NC(C)C)c1ccc(N2CCOCC2)c(F)c1. The molecular formula is C32H41FN4O4.